The molecule has 112 valence electrons. The van der Waals surface area contributed by atoms with Crippen LogP contribution in [0.15, 0.2) is 36.4 Å². The SMILES string of the molecule is Fc1ccc(Cl)c(NCc2ccc(F)cc2C(F)(F)F)c1. The van der Waals surface area contributed by atoms with Gasteiger partial charge in [-0.1, -0.05) is 17.7 Å². The number of rotatable bonds is 3. The second-order valence-corrected chi connectivity index (χ2v) is 4.68. The number of hydrogen-bond donors (Lipinski definition) is 1. The molecule has 0 heterocycles. The molecule has 0 saturated heterocycles. The quantitative estimate of drug-likeness (QED) is 0.761. The normalized spacial score (nSPS) is 11.5. The second-order valence-electron chi connectivity index (χ2n) is 4.28. The number of alkyl halides is 3. The molecular formula is C14H9ClF5N. The standard InChI is InChI=1S/C14H9ClF5N/c15-12-4-3-10(17)6-13(12)21-7-8-1-2-9(16)5-11(8)14(18,19)20/h1-6,21H,7H2. The molecule has 1 nitrogen and oxygen atoms in total. The van der Waals surface area contributed by atoms with Crippen LogP contribution in [0, 0.1) is 11.6 Å². The van der Waals surface area contributed by atoms with Gasteiger partial charge in [0.25, 0.3) is 0 Å². The van der Waals surface area contributed by atoms with Crippen LogP contribution in [-0.4, -0.2) is 0 Å². The fraction of sp³-hybridized carbons (Fsp3) is 0.143. The van der Waals surface area contributed by atoms with E-state index >= 15 is 0 Å². The number of anilines is 1. The van der Waals surface area contributed by atoms with Gasteiger partial charge >= 0.3 is 6.18 Å². The predicted molar refractivity (Wildman–Crippen MR) is 70.1 cm³/mol. The number of hydrogen-bond acceptors (Lipinski definition) is 1. The first-order chi connectivity index (χ1) is 9.77. The van der Waals surface area contributed by atoms with E-state index in [-0.39, 0.29) is 22.8 Å². The summed E-state index contributed by atoms with van der Waals surface area (Å²) in [6.07, 6.45) is -4.68. The maximum absolute atomic E-state index is 13.1. The Labute approximate surface area is 122 Å². The van der Waals surface area contributed by atoms with Gasteiger partial charge in [0.1, 0.15) is 11.6 Å². The molecule has 2 aromatic carbocycles. The van der Waals surface area contributed by atoms with Gasteiger partial charge in [0, 0.05) is 6.54 Å². The molecule has 0 spiro atoms. The van der Waals surface area contributed by atoms with E-state index in [0.717, 1.165) is 24.3 Å². The molecule has 1 N–H and O–H groups in total. The Morgan fingerprint density at radius 1 is 0.952 bits per heavy atom. The lowest BCUT2D eigenvalue weighted by molar-refractivity contribution is -0.138. The Bertz CT molecular complexity index is 654. The van der Waals surface area contributed by atoms with E-state index < -0.39 is 23.4 Å². The fourth-order valence-electron chi connectivity index (χ4n) is 1.79. The smallest absolute Gasteiger partial charge is 0.380 e. The Balaban J connectivity index is 2.26. The number of benzene rings is 2. The molecule has 0 aromatic heterocycles. The van der Waals surface area contributed by atoms with E-state index in [1.807, 2.05) is 0 Å². The maximum Gasteiger partial charge on any atom is 0.416 e. The Hall–Kier alpha value is -1.82. The summed E-state index contributed by atoms with van der Waals surface area (Å²) in [5.74, 6) is -1.55. The first kappa shape index (κ1) is 15.6. The van der Waals surface area contributed by atoms with Crippen LogP contribution in [0.2, 0.25) is 5.02 Å². The van der Waals surface area contributed by atoms with Gasteiger partial charge in [0.2, 0.25) is 0 Å². The molecule has 0 bridgehead atoms. The first-order valence-electron chi connectivity index (χ1n) is 5.82. The van der Waals surface area contributed by atoms with Gasteiger partial charge in [-0.05, 0) is 35.9 Å². The van der Waals surface area contributed by atoms with Crippen LogP contribution in [0.5, 0.6) is 0 Å². The first-order valence-corrected chi connectivity index (χ1v) is 6.20. The summed E-state index contributed by atoms with van der Waals surface area (Å²) in [5, 5.41) is 2.78. The lowest BCUT2D eigenvalue weighted by atomic mass is 10.1. The summed E-state index contributed by atoms with van der Waals surface area (Å²) in [4.78, 5) is 0. The van der Waals surface area contributed by atoms with E-state index in [1.54, 1.807) is 0 Å². The van der Waals surface area contributed by atoms with Crippen LogP contribution in [0.25, 0.3) is 0 Å². The molecule has 0 saturated carbocycles. The topological polar surface area (TPSA) is 12.0 Å². The van der Waals surface area contributed by atoms with E-state index in [2.05, 4.69) is 5.32 Å². The average Bonchev–Trinajstić information content (AvgIpc) is 2.40. The molecule has 0 aliphatic carbocycles. The van der Waals surface area contributed by atoms with Crippen molar-refractivity contribution in [3.8, 4) is 0 Å². The minimum Gasteiger partial charge on any atom is -0.380 e. The molecule has 7 heteroatoms. The minimum absolute atomic E-state index is 0.161. The minimum atomic E-state index is -4.68. The summed E-state index contributed by atoms with van der Waals surface area (Å²) in [7, 11) is 0. The highest BCUT2D eigenvalue weighted by Gasteiger charge is 2.33. The molecule has 0 unspecified atom stereocenters. The molecule has 0 radical (unpaired) electrons. The van der Waals surface area contributed by atoms with Gasteiger partial charge in [0.15, 0.2) is 0 Å². The van der Waals surface area contributed by atoms with Crippen molar-refractivity contribution in [2.75, 3.05) is 5.32 Å². The van der Waals surface area contributed by atoms with Gasteiger partial charge in [0.05, 0.1) is 16.3 Å². The van der Waals surface area contributed by atoms with E-state index in [4.69, 9.17) is 11.6 Å². The van der Waals surface area contributed by atoms with Crippen LogP contribution < -0.4 is 5.32 Å². The molecule has 2 rings (SSSR count). The van der Waals surface area contributed by atoms with Crippen LogP contribution >= 0.6 is 11.6 Å². The fourth-order valence-corrected chi connectivity index (χ4v) is 1.97. The Kier molecular flexibility index (Phi) is 4.37. The zero-order valence-electron chi connectivity index (χ0n) is 10.4. The van der Waals surface area contributed by atoms with Gasteiger partial charge in [-0.15, -0.1) is 0 Å². The lowest BCUT2D eigenvalue weighted by Crippen LogP contribution is -2.12. The van der Waals surface area contributed by atoms with Crippen molar-refractivity contribution in [3.05, 3.63) is 64.2 Å². The Morgan fingerprint density at radius 2 is 1.57 bits per heavy atom. The highest BCUT2D eigenvalue weighted by Crippen LogP contribution is 2.33. The third kappa shape index (κ3) is 3.85. The molecule has 21 heavy (non-hydrogen) atoms. The monoisotopic (exact) mass is 321 g/mol. The molecule has 0 atom stereocenters. The van der Waals surface area contributed by atoms with Crippen molar-refractivity contribution in [3.63, 3.8) is 0 Å². The summed E-state index contributed by atoms with van der Waals surface area (Å²) >= 11 is 5.81. The summed E-state index contributed by atoms with van der Waals surface area (Å²) in [6.45, 7) is -0.266. The molecular weight excluding hydrogens is 313 g/mol. The van der Waals surface area contributed by atoms with Gasteiger partial charge in [-0.3, -0.25) is 0 Å². The molecule has 2 aromatic rings. The van der Waals surface area contributed by atoms with Crippen molar-refractivity contribution >= 4 is 17.3 Å². The van der Waals surface area contributed by atoms with E-state index in [0.29, 0.717) is 6.07 Å². The molecule has 0 aliphatic rings. The Morgan fingerprint density at radius 3 is 2.24 bits per heavy atom. The highest BCUT2D eigenvalue weighted by molar-refractivity contribution is 6.33. The van der Waals surface area contributed by atoms with Gasteiger partial charge < -0.3 is 5.32 Å². The number of nitrogens with one attached hydrogen (secondary N) is 1. The van der Waals surface area contributed by atoms with Crippen LogP contribution in [0.1, 0.15) is 11.1 Å². The van der Waals surface area contributed by atoms with Crippen LogP contribution in [0.3, 0.4) is 0 Å². The predicted octanol–water partition coefficient (Wildman–Crippen LogP) is 5.25. The summed E-state index contributed by atoms with van der Waals surface area (Å²) in [6, 6.07) is 5.86. The third-order valence-electron chi connectivity index (χ3n) is 2.78. The summed E-state index contributed by atoms with van der Waals surface area (Å²) in [5.41, 5.74) is -1.08. The van der Waals surface area contributed by atoms with Crippen molar-refractivity contribution in [1.29, 1.82) is 0 Å². The van der Waals surface area contributed by atoms with Crippen molar-refractivity contribution in [2.24, 2.45) is 0 Å². The van der Waals surface area contributed by atoms with E-state index in [9.17, 15) is 22.0 Å². The largest absolute Gasteiger partial charge is 0.416 e. The number of halogens is 6. The van der Waals surface area contributed by atoms with Gasteiger partial charge in [-0.2, -0.15) is 13.2 Å². The lowest BCUT2D eigenvalue weighted by Gasteiger charge is -2.14. The van der Waals surface area contributed by atoms with Crippen molar-refractivity contribution in [2.45, 2.75) is 12.7 Å². The zero-order chi connectivity index (χ0) is 15.6. The molecule has 0 fully saturated rings. The van der Waals surface area contributed by atoms with Crippen molar-refractivity contribution < 1.29 is 22.0 Å². The molecule has 0 amide bonds. The molecule has 0 aliphatic heterocycles. The van der Waals surface area contributed by atoms with Crippen molar-refractivity contribution in [1.82, 2.24) is 0 Å². The third-order valence-corrected chi connectivity index (χ3v) is 3.10. The maximum atomic E-state index is 13.1. The van der Waals surface area contributed by atoms with Crippen LogP contribution in [0.4, 0.5) is 27.6 Å². The zero-order valence-corrected chi connectivity index (χ0v) is 11.2. The van der Waals surface area contributed by atoms with E-state index in [1.165, 1.54) is 6.07 Å². The summed E-state index contributed by atoms with van der Waals surface area (Å²) < 4.78 is 64.5. The second kappa shape index (κ2) is 5.89. The van der Waals surface area contributed by atoms with Crippen LogP contribution in [-0.2, 0) is 12.7 Å². The average molecular weight is 322 g/mol. The highest BCUT2D eigenvalue weighted by atomic mass is 35.5. The van der Waals surface area contributed by atoms with Gasteiger partial charge in [-0.25, -0.2) is 8.78 Å².